The van der Waals surface area contributed by atoms with Crippen LogP contribution in [0.3, 0.4) is 0 Å². The Morgan fingerprint density at radius 3 is 2.17 bits per heavy atom. The van der Waals surface area contributed by atoms with Gasteiger partial charge in [0.05, 0.1) is 17.4 Å². The summed E-state index contributed by atoms with van der Waals surface area (Å²) >= 11 is 0. The van der Waals surface area contributed by atoms with Gasteiger partial charge in [-0.05, 0) is 67.6 Å². The van der Waals surface area contributed by atoms with Crippen LogP contribution in [-0.4, -0.2) is 27.5 Å². The molecule has 0 unspecified atom stereocenters. The van der Waals surface area contributed by atoms with Crippen molar-refractivity contribution in [2.45, 2.75) is 61.3 Å². The van der Waals surface area contributed by atoms with Gasteiger partial charge < -0.3 is 10.1 Å². The quantitative estimate of drug-likeness (QED) is 0.699. The Labute approximate surface area is 178 Å². The van der Waals surface area contributed by atoms with E-state index in [1.165, 1.54) is 38.5 Å². The smallest absolute Gasteiger partial charge is 0.261 e. The average Bonchev–Trinajstić information content (AvgIpc) is 3.57. The van der Waals surface area contributed by atoms with Crippen molar-refractivity contribution in [3.8, 4) is 5.75 Å². The van der Waals surface area contributed by atoms with Crippen molar-refractivity contribution >= 4 is 21.6 Å². The molecule has 2 aliphatic carbocycles. The fourth-order valence-corrected chi connectivity index (χ4v) is 5.23. The summed E-state index contributed by atoms with van der Waals surface area (Å²) < 4.78 is 32.9. The number of ether oxygens (including phenoxy) is 1. The maximum absolute atomic E-state index is 12.9. The molecule has 2 saturated carbocycles. The second-order valence-corrected chi connectivity index (χ2v) is 9.93. The number of nitrogens with one attached hydrogen (secondary N) is 2. The molecule has 0 bridgehead atoms. The van der Waals surface area contributed by atoms with Gasteiger partial charge in [-0.25, -0.2) is 8.42 Å². The Kier molecular flexibility index (Phi) is 5.73. The molecule has 0 radical (unpaired) electrons. The first kappa shape index (κ1) is 20.7. The van der Waals surface area contributed by atoms with Crippen LogP contribution in [0.4, 0.5) is 5.69 Å². The van der Waals surface area contributed by atoms with Crippen molar-refractivity contribution < 1.29 is 17.9 Å². The van der Waals surface area contributed by atoms with Crippen LogP contribution in [0.2, 0.25) is 0 Å². The molecule has 160 valence electrons. The van der Waals surface area contributed by atoms with E-state index < -0.39 is 15.4 Å². The average molecular weight is 429 g/mol. The van der Waals surface area contributed by atoms with E-state index in [9.17, 15) is 13.2 Å². The van der Waals surface area contributed by atoms with Crippen LogP contribution in [0.5, 0.6) is 5.75 Å². The van der Waals surface area contributed by atoms with Crippen LogP contribution in [0.25, 0.3) is 0 Å². The molecule has 0 heterocycles. The van der Waals surface area contributed by atoms with E-state index in [1.807, 2.05) is 12.1 Å². The fourth-order valence-electron chi connectivity index (χ4n) is 4.17. The Balaban J connectivity index is 1.43. The van der Waals surface area contributed by atoms with E-state index in [4.69, 9.17) is 4.74 Å². The Bertz CT molecular complexity index is 991. The highest BCUT2D eigenvalue weighted by Gasteiger charge is 2.51. The summed E-state index contributed by atoms with van der Waals surface area (Å²) in [6, 6.07) is 13.7. The summed E-state index contributed by atoms with van der Waals surface area (Å²) in [5, 5.41) is 3.24. The third-order valence-corrected chi connectivity index (χ3v) is 7.58. The first-order valence-corrected chi connectivity index (χ1v) is 12.0. The number of rotatable bonds is 7. The predicted molar refractivity (Wildman–Crippen MR) is 116 cm³/mol. The third kappa shape index (κ3) is 4.31. The van der Waals surface area contributed by atoms with Gasteiger partial charge in [0.1, 0.15) is 5.75 Å². The van der Waals surface area contributed by atoms with E-state index >= 15 is 0 Å². The van der Waals surface area contributed by atoms with Gasteiger partial charge in [0.25, 0.3) is 10.0 Å². The maximum Gasteiger partial charge on any atom is 0.261 e. The van der Waals surface area contributed by atoms with Gasteiger partial charge in [-0.2, -0.15) is 0 Å². The summed E-state index contributed by atoms with van der Waals surface area (Å²) in [6.07, 6.45) is 7.42. The molecule has 2 fully saturated rings. The van der Waals surface area contributed by atoms with Gasteiger partial charge in [-0.3, -0.25) is 9.52 Å². The number of carbonyl (C=O) groups excluding carboxylic acids is 1. The molecule has 2 N–H and O–H groups in total. The molecule has 7 heteroatoms. The number of hydrogen-bond donors (Lipinski definition) is 2. The molecule has 0 aliphatic heterocycles. The highest BCUT2D eigenvalue weighted by Crippen LogP contribution is 2.49. The molecule has 0 aromatic heterocycles. The zero-order valence-electron chi connectivity index (χ0n) is 17.2. The minimum Gasteiger partial charge on any atom is -0.497 e. The van der Waals surface area contributed by atoms with Crippen LogP contribution in [0, 0.1) is 0 Å². The number of sulfonamides is 1. The number of benzene rings is 2. The lowest BCUT2D eigenvalue weighted by Crippen LogP contribution is -2.42. The fraction of sp³-hybridized carbons (Fsp3) is 0.435. The summed E-state index contributed by atoms with van der Waals surface area (Å²) in [4.78, 5) is 13.1. The van der Waals surface area contributed by atoms with Crippen molar-refractivity contribution in [2.24, 2.45) is 0 Å². The van der Waals surface area contributed by atoms with Crippen molar-refractivity contribution in [3.63, 3.8) is 0 Å². The Morgan fingerprint density at radius 2 is 1.60 bits per heavy atom. The number of anilines is 1. The molecular weight excluding hydrogens is 400 g/mol. The van der Waals surface area contributed by atoms with E-state index in [0.29, 0.717) is 17.5 Å². The summed E-state index contributed by atoms with van der Waals surface area (Å²) in [5.74, 6) is 0.709. The van der Waals surface area contributed by atoms with E-state index in [-0.39, 0.29) is 10.8 Å². The van der Waals surface area contributed by atoms with E-state index in [1.54, 1.807) is 24.3 Å². The molecule has 2 aromatic rings. The van der Waals surface area contributed by atoms with Gasteiger partial charge in [-0.15, -0.1) is 0 Å². The van der Waals surface area contributed by atoms with Crippen LogP contribution >= 0.6 is 0 Å². The lowest BCUT2D eigenvalue weighted by molar-refractivity contribution is -0.124. The third-order valence-electron chi connectivity index (χ3n) is 6.18. The molecule has 2 aromatic carbocycles. The molecular formula is C23H28N2O4S. The first-order chi connectivity index (χ1) is 14.4. The van der Waals surface area contributed by atoms with Crippen LogP contribution in [0.1, 0.15) is 50.5 Å². The minimum atomic E-state index is -3.69. The molecule has 30 heavy (non-hydrogen) atoms. The van der Waals surface area contributed by atoms with Crippen LogP contribution in [-0.2, 0) is 20.2 Å². The standard InChI is InChI=1S/C23H28N2O4S/c1-29-20-11-13-21(14-12-20)30(27,28)25-19-9-7-17(8-10-19)23(15-16-23)22(26)24-18-5-3-2-4-6-18/h7-14,18,25H,2-6,15-16H2,1H3,(H,24,26). The lowest BCUT2D eigenvalue weighted by Gasteiger charge is -2.25. The molecule has 6 nitrogen and oxygen atoms in total. The van der Waals surface area contributed by atoms with Gasteiger partial charge in [-0.1, -0.05) is 31.4 Å². The Hall–Kier alpha value is -2.54. The van der Waals surface area contributed by atoms with Crippen LogP contribution in [0.15, 0.2) is 53.4 Å². The monoisotopic (exact) mass is 428 g/mol. The van der Waals surface area contributed by atoms with Gasteiger partial charge >= 0.3 is 0 Å². The number of hydrogen-bond acceptors (Lipinski definition) is 4. The van der Waals surface area contributed by atoms with Gasteiger partial charge in [0, 0.05) is 11.7 Å². The summed E-state index contributed by atoms with van der Waals surface area (Å²) in [5.41, 5.74) is 0.964. The second-order valence-electron chi connectivity index (χ2n) is 8.25. The zero-order valence-corrected chi connectivity index (χ0v) is 18.0. The van der Waals surface area contributed by atoms with Crippen molar-refractivity contribution in [1.82, 2.24) is 5.32 Å². The minimum absolute atomic E-state index is 0.112. The summed E-state index contributed by atoms with van der Waals surface area (Å²) in [6.45, 7) is 0. The van der Waals surface area contributed by atoms with Crippen molar-refractivity contribution in [3.05, 3.63) is 54.1 Å². The van der Waals surface area contributed by atoms with Crippen molar-refractivity contribution in [1.29, 1.82) is 0 Å². The SMILES string of the molecule is COc1ccc(S(=O)(=O)Nc2ccc(C3(C(=O)NC4CCCCC4)CC3)cc2)cc1. The van der Waals surface area contributed by atoms with Gasteiger partial charge in [0.15, 0.2) is 0 Å². The lowest BCUT2D eigenvalue weighted by atomic mass is 9.91. The molecule has 0 saturated heterocycles. The number of methoxy groups -OCH3 is 1. The van der Waals surface area contributed by atoms with Crippen LogP contribution < -0.4 is 14.8 Å². The summed E-state index contributed by atoms with van der Waals surface area (Å²) in [7, 11) is -2.16. The van der Waals surface area contributed by atoms with Crippen molar-refractivity contribution in [2.75, 3.05) is 11.8 Å². The Morgan fingerprint density at radius 1 is 0.967 bits per heavy atom. The topological polar surface area (TPSA) is 84.5 Å². The molecule has 0 atom stereocenters. The highest BCUT2D eigenvalue weighted by atomic mass is 32.2. The normalized spacial score (nSPS) is 18.4. The van der Waals surface area contributed by atoms with Gasteiger partial charge in [0.2, 0.25) is 5.91 Å². The first-order valence-electron chi connectivity index (χ1n) is 10.5. The number of amides is 1. The largest absolute Gasteiger partial charge is 0.497 e. The molecule has 4 rings (SSSR count). The second kappa shape index (κ2) is 8.30. The predicted octanol–water partition coefficient (Wildman–Crippen LogP) is 3.98. The van der Waals surface area contributed by atoms with E-state index in [0.717, 1.165) is 31.2 Å². The van der Waals surface area contributed by atoms with E-state index in [2.05, 4.69) is 10.0 Å². The molecule has 0 spiro atoms. The maximum atomic E-state index is 12.9. The molecule has 1 amide bonds. The highest BCUT2D eigenvalue weighted by molar-refractivity contribution is 7.92. The number of carbonyl (C=O) groups is 1. The zero-order chi connectivity index (χ0) is 21.2. The molecule has 2 aliphatic rings.